The molecule has 0 saturated carbocycles. The Bertz CT molecular complexity index is 1020. The van der Waals surface area contributed by atoms with Crippen LogP contribution in [-0.2, 0) is 11.2 Å². The van der Waals surface area contributed by atoms with Gasteiger partial charge in [0, 0.05) is 42.1 Å². The zero-order valence-electron chi connectivity index (χ0n) is 19.7. The van der Waals surface area contributed by atoms with Gasteiger partial charge in [0.1, 0.15) is 5.60 Å². The van der Waals surface area contributed by atoms with Gasteiger partial charge in [-0.2, -0.15) is 5.26 Å². The molecule has 1 aromatic carbocycles. The van der Waals surface area contributed by atoms with Crippen molar-refractivity contribution in [3.63, 3.8) is 0 Å². The van der Waals surface area contributed by atoms with Crippen molar-refractivity contribution in [2.24, 2.45) is 0 Å². The lowest BCUT2D eigenvalue weighted by molar-refractivity contribution is 0.0269. The molecule has 0 fully saturated rings. The Morgan fingerprint density at radius 2 is 2.03 bits per heavy atom. The lowest BCUT2D eigenvalue weighted by Gasteiger charge is -2.31. The number of anilines is 1. The third-order valence-corrected chi connectivity index (χ3v) is 5.76. The highest BCUT2D eigenvalue weighted by atomic mass is 35.5. The Balaban J connectivity index is 1.69. The van der Waals surface area contributed by atoms with Crippen molar-refractivity contribution in [3.05, 3.63) is 76.5 Å². The van der Waals surface area contributed by atoms with E-state index in [9.17, 15) is 4.79 Å². The van der Waals surface area contributed by atoms with Crippen molar-refractivity contribution < 1.29 is 9.53 Å². The molecule has 2 aliphatic rings. The van der Waals surface area contributed by atoms with Gasteiger partial charge >= 0.3 is 6.09 Å². The summed E-state index contributed by atoms with van der Waals surface area (Å²) in [6, 6.07) is 10.5. The van der Waals surface area contributed by atoms with Crippen LogP contribution < -0.4 is 4.90 Å². The Hall–Kier alpha value is -2.97. The Labute approximate surface area is 202 Å². The molecule has 0 saturated heterocycles. The molecule has 0 bridgehead atoms. The zero-order chi connectivity index (χ0) is 23.8. The van der Waals surface area contributed by atoms with Gasteiger partial charge in [0.2, 0.25) is 0 Å². The molecule has 1 aliphatic heterocycles. The number of para-hydroxylation sites is 1. The van der Waals surface area contributed by atoms with Crippen molar-refractivity contribution in [1.82, 2.24) is 4.90 Å². The molecule has 0 unspecified atom stereocenters. The number of nitrogens with zero attached hydrogens (tertiary/aromatic N) is 3. The first kappa shape index (κ1) is 24.7. The van der Waals surface area contributed by atoms with E-state index in [0.29, 0.717) is 13.1 Å². The average Bonchev–Trinajstić information content (AvgIpc) is 2.91. The van der Waals surface area contributed by atoms with Gasteiger partial charge in [-0.05, 0) is 69.7 Å². The molecule has 0 atom stereocenters. The van der Waals surface area contributed by atoms with Gasteiger partial charge in [0.05, 0.1) is 6.07 Å². The second-order valence-corrected chi connectivity index (χ2v) is 9.64. The van der Waals surface area contributed by atoms with Crippen LogP contribution >= 0.6 is 11.6 Å². The van der Waals surface area contributed by atoms with Crippen molar-refractivity contribution in [2.45, 2.75) is 52.1 Å². The molecular weight excluding hydrogens is 434 g/mol. The van der Waals surface area contributed by atoms with Gasteiger partial charge in [-0.3, -0.25) is 0 Å². The summed E-state index contributed by atoms with van der Waals surface area (Å²) in [4.78, 5) is 16.6. The van der Waals surface area contributed by atoms with E-state index in [1.807, 2.05) is 26.8 Å². The first-order chi connectivity index (χ1) is 15.8. The van der Waals surface area contributed by atoms with Crippen LogP contribution in [0.15, 0.2) is 70.9 Å². The molecule has 5 nitrogen and oxygen atoms in total. The fourth-order valence-corrected chi connectivity index (χ4v) is 4.15. The number of halogens is 1. The Morgan fingerprint density at radius 1 is 1.24 bits per heavy atom. The topological polar surface area (TPSA) is 56.6 Å². The fraction of sp³-hybridized carbons (Fsp3) is 0.407. The highest BCUT2D eigenvalue weighted by molar-refractivity contribution is 6.31. The first-order valence-corrected chi connectivity index (χ1v) is 11.8. The third-order valence-electron chi connectivity index (χ3n) is 5.49. The summed E-state index contributed by atoms with van der Waals surface area (Å²) in [5, 5.41) is 9.55. The lowest BCUT2D eigenvalue weighted by Crippen LogP contribution is -2.37. The quantitative estimate of drug-likeness (QED) is 0.341. The summed E-state index contributed by atoms with van der Waals surface area (Å²) in [5.74, 6) is 0. The smallest absolute Gasteiger partial charge is 0.410 e. The van der Waals surface area contributed by atoms with Crippen LogP contribution in [0.4, 0.5) is 10.5 Å². The minimum Gasteiger partial charge on any atom is -0.444 e. The standard InChI is InChI=1S/C27H32ClN3O2/c1-27(2,3)33-26(32)30(17-7-6-16-29)18-8-9-19-31-24-11-5-4-10-21(24)12-13-22-14-15-23(28)20-25(22)31/h4-7,10-11,13,15,20H,8-9,12,14,17-19H2,1-3H3/b7-6+. The van der Waals surface area contributed by atoms with Crippen LogP contribution in [0.25, 0.3) is 0 Å². The van der Waals surface area contributed by atoms with E-state index in [0.717, 1.165) is 43.0 Å². The third kappa shape index (κ3) is 7.00. The second-order valence-electron chi connectivity index (χ2n) is 9.20. The number of hydrogen-bond donors (Lipinski definition) is 0. The van der Waals surface area contributed by atoms with E-state index in [2.05, 4.69) is 47.4 Å². The molecule has 1 amide bonds. The number of fused-ring (bicyclic) bond motifs is 2. The first-order valence-electron chi connectivity index (χ1n) is 11.4. The number of unbranched alkanes of at least 4 members (excludes halogenated alkanes) is 1. The number of nitriles is 1. The van der Waals surface area contributed by atoms with Crippen LogP contribution in [0.3, 0.4) is 0 Å². The van der Waals surface area contributed by atoms with E-state index in [1.54, 1.807) is 11.0 Å². The maximum absolute atomic E-state index is 12.6. The lowest BCUT2D eigenvalue weighted by atomic mass is 10.0. The van der Waals surface area contributed by atoms with E-state index in [1.165, 1.54) is 22.9 Å². The van der Waals surface area contributed by atoms with Crippen molar-refractivity contribution >= 4 is 23.4 Å². The molecule has 0 spiro atoms. The number of hydrogen-bond acceptors (Lipinski definition) is 4. The number of rotatable bonds is 7. The second kappa shape index (κ2) is 11.2. The van der Waals surface area contributed by atoms with Crippen molar-refractivity contribution in [1.29, 1.82) is 5.26 Å². The van der Waals surface area contributed by atoms with Crippen molar-refractivity contribution in [2.75, 3.05) is 24.5 Å². The van der Waals surface area contributed by atoms with E-state index in [-0.39, 0.29) is 6.09 Å². The maximum Gasteiger partial charge on any atom is 0.410 e. The van der Waals surface area contributed by atoms with Gasteiger partial charge in [0.15, 0.2) is 0 Å². The highest BCUT2D eigenvalue weighted by Crippen LogP contribution is 2.36. The molecule has 0 N–H and O–H groups in total. The fourth-order valence-electron chi connectivity index (χ4n) is 3.97. The number of carbonyl (C=O) groups is 1. The minimum atomic E-state index is -0.562. The molecular formula is C27H32ClN3O2. The number of amides is 1. The van der Waals surface area contributed by atoms with E-state index < -0.39 is 5.60 Å². The van der Waals surface area contributed by atoms with Crippen LogP contribution in [0.5, 0.6) is 0 Å². The summed E-state index contributed by atoms with van der Waals surface area (Å²) < 4.78 is 5.55. The number of ether oxygens (including phenoxy) is 1. The summed E-state index contributed by atoms with van der Waals surface area (Å²) in [7, 11) is 0. The number of allylic oxidation sites excluding steroid dienone is 6. The van der Waals surface area contributed by atoms with Crippen LogP contribution in [0.1, 0.15) is 45.6 Å². The summed E-state index contributed by atoms with van der Waals surface area (Å²) in [6.07, 6.45) is 12.6. The predicted octanol–water partition coefficient (Wildman–Crippen LogP) is 6.48. The monoisotopic (exact) mass is 465 g/mol. The maximum atomic E-state index is 12.6. The van der Waals surface area contributed by atoms with Gasteiger partial charge < -0.3 is 14.5 Å². The molecule has 0 aromatic heterocycles. The summed E-state index contributed by atoms with van der Waals surface area (Å²) >= 11 is 6.38. The average molecular weight is 466 g/mol. The normalized spacial score (nSPS) is 15.5. The minimum absolute atomic E-state index is 0.355. The number of benzene rings is 1. The molecule has 1 aliphatic carbocycles. The van der Waals surface area contributed by atoms with Gasteiger partial charge in [-0.1, -0.05) is 48.0 Å². The predicted molar refractivity (Wildman–Crippen MR) is 134 cm³/mol. The van der Waals surface area contributed by atoms with E-state index >= 15 is 0 Å². The molecule has 1 aromatic rings. The van der Waals surface area contributed by atoms with Crippen LogP contribution in [-0.4, -0.2) is 36.2 Å². The molecule has 174 valence electrons. The highest BCUT2D eigenvalue weighted by Gasteiger charge is 2.24. The van der Waals surface area contributed by atoms with E-state index in [4.69, 9.17) is 21.6 Å². The Morgan fingerprint density at radius 3 is 2.79 bits per heavy atom. The molecule has 33 heavy (non-hydrogen) atoms. The van der Waals surface area contributed by atoms with Crippen LogP contribution in [0.2, 0.25) is 0 Å². The molecule has 1 heterocycles. The SMILES string of the molecule is CC(C)(C)OC(=O)N(C/C=C/C#N)CCCCN1C2=CC(Cl)=CCC2=CCc2ccccc21. The molecule has 3 rings (SSSR count). The van der Waals surface area contributed by atoms with Crippen LogP contribution in [0, 0.1) is 11.3 Å². The summed E-state index contributed by atoms with van der Waals surface area (Å²) in [5.41, 5.74) is 4.41. The molecule has 6 heteroatoms. The number of carbonyl (C=O) groups excluding carboxylic acids is 1. The zero-order valence-corrected chi connectivity index (χ0v) is 20.4. The summed E-state index contributed by atoms with van der Waals surface area (Å²) in [6.45, 7) is 7.30. The van der Waals surface area contributed by atoms with Crippen molar-refractivity contribution in [3.8, 4) is 6.07 Å². The van der Waals surface area contributed by atoms with Gasteiger partial charge in [-0.25, -0.2) is 4.79 Å². The van der Waals surface area contributed by atoms with Gasteiger partial charge in [-0.15, -0.1) is 0 Å². The Kier molecular flexibility index (Phi) is 8.41. The molecule has 0 radical (unpaired) electrons. The van der Waals surface area contributed by atoms with Gasteiger partial charge in [0.25, 0.3) is 0 Å². The largest absolute Gasteiger partial charge is 0.444 e.